The molecule has 1 N–H and O–H groups in total. The van der Waals surface area contributed by atoms with Crippen molar-refractivity contribution in [2.24, 2.45) is 4.99 Å². The van der Waals surface area contributed by atoms with Crippen LogP contribution >= 0.6 is 46.9 Å². The van der Waals surface area contributed by atoms with Crippen molar-refractivity contribution < 1.29 is 4.74 Å². The molecule has 2 heterocycles. The summed E-state index contributed by atoms with van der Waals surface area (Å²) in [6.07, 6.45) is 1.91. The Morgan fingerprint density at radius 3 is 2.67 bits per heavy atom. The number of hydrogen-bond donors (Lipinski definition) is 1. The molecule has 7 heteroatoms. The Morgan fingerprint density at radius 2 is 2.04 bits per heavy atom. The predicted molar refractivity (Wildman–Crippen MR) is 126 cm³/mol. The van der Waals surface area contributed by atoms with Crippen molar-refractivity contribution in [1.29, 1.82) is 0 Å². The van der Waals surface area contributed by atoms with Gasteiger partial charge < -0.3 is 15.0 Å². The molecule has 0 unspecified atom stereocenters. The lowest BCUT2D eigenvalue weighted by Gasteiger charge is -2.39. The molecule has 0 amide bonds. The third kappa shape index (κ3) is 5.59. The minimum atomic E-state index is -0.0320. The highest BCUT2D eigenvalue weighted by Gasteiger charge is 2.36. The summed E-state index contributed by atoms with van der Waals surface area (Å²) in [6, 6.07) is 10.3. The largest absolute Gasteiger partial charge is 0.381 e. The summed E-state index contributed by atoms with van der Waals surface area (Å²) in [5.41, 5.74) is 2.47. The van der Waals surface area contributed by atoms with Gasteiger partial charge in [0.15, 0.2) is 5.96 Å². The summed E-state index contributed by atoms with van der Waals surface area (Å²) in [6.45, 7) is 3.15. The minimum Gasteiger partial charge on any atom is -0.381 e. The highest BCUT2D eigenvalue weighted by molar-refractivity contribution is 14.0. The van der Waals surface area contributed by atoms with Gasteiger partial charge in [0.25, 0.3) is 0 Å². The standard InChI is InChI=1S/C20H26ClN3OS.HI/c1-22-19(24(2)13-16-7-12-26-14-16)23-15-20(8-10-25-11-9-20)17-5-3-4-6-18(17)21;/h3-7,12,14H,8-11,13,15H2,1-2H3,(H,22,23);1H. The number of rotatable bonds is 5. The number of aliphatic imine (C=N–C) groups is 1. The lowest BCUT2D eigenvalue weighted by Crippen LogP contribution is -2.48. The van der Waals surface area contributed by atoms with Gasteiger partial charge in [-0.3, -0.25) is 4.99 Å². The van der Waals surface area contributed by atoms with Crippen LogP contribution in [0.2, 0.25) is 5.02 Å². The Bertz CT molecular complexity index is 733. The van der Waals surface area contributed by atoms with Crippen LogP contribution in [0.3, 0.4) is 0 Å². The highest BCUT2D eigenvalue weighted by Crippen LogP contribution is 2.38. The molecule has 1 aromatic carbocycles. The van der Waals surface area contributed by atoms with Crippen molar-refractivity contribution in [3.8, 4) is 0 Å². The van der Waals surface area contributed by atoms with E-state index in [-0.39, 0.29) is 29.4 Å². The monoisotopic (exact) mass is 519 g/mol. The maximum atomic E-state index is 6.55. The number of thiophene rings is 1. The molecule has 1 aliphatic heterocycles. The lowest BCUT2D eigenvalue weighted by molar-refractivity contribution is 0.0512. The maximum Gasteiger partial charge on any atom is 0.193 e. The number of guanidine groups is 1. The number of nitrogens with one attached hydrogen (secondary N) is 1. The smallest absolute Gasteiger partial charge is 0.193 e. The molecule has 0 atom stereocenters. The number of halogens is 2. The topological polar surface area (TPSA) is 36.9 Å². The van der Waals surface area contributed by atoms with Gasteiger partial charge in [0, 0.05) is 50.8 Å². The van der Waals surface area contributed by atoms with Gasteiger partial charge in [0.2, 0.25) is 0 Å². The van der Waals surface area contributed by atoms with Crippen LogP contribution < -0.4 is 5.32 Å². The van der Waals surface area contributed by atoms with Crippen LogP contribution in [0.15, 0.2) is 46.1 Å². The van der Waals surface area contributed by atoms with Crippen LogP contribution in [0, 0.1) is 0 Å². The molecule has 0 bridgehead atoms. The van der Waals surface area contributed by atoms with Gasteiger partial charge in [-0.25, -0.2) is 0 Å². The van der Waals surface area contributed by atoms with Gasteiger partial charge in [0.1, 0.15) is 0 Å². The third-order valence-corrected chi connectivity index (χ3v) is 6.11. The first-order valence-electron chi connectivity index (χ1n) is 8.90. The summed E-state index contributed by atoms with van der Waals surface area (Å²) in [7, 11) is 3.90. The lowest BCUT2D eigenvalue weighted by atomic mass is 9.74. The van der Waals surface area contributed by atoms with Crippen molar-refractivity contribution in [3.05, 3.63) is 57.2 Å². The molecule has 27 heavy (non-hydrogen) atoms. The second kappa shape index (κ2) is 10.6. The number of ether oxygens (including phenoxy) is 1. The van der Waals surface area contributed by atoms with Gasteiger partial charge in [-0.1, -0.05) is 29.8 Å². The number of benzene rings is 1. The average Bonchev–Trinajstić information content (AvgIpc) is 3.16. The summed E-state index contributed by atoms with van der Waals surface area (Å²) < 4.78 is 5.63. The molecule has 0 spiro atoms. The van der Waals surface area contributed by atoms with E-state index in [4.69, 9.17) is 16.3 Å². The van der Waals surface area contributed by atoms with E-state index in [9.17, 15) is 0 Å². The van der Waals surface area contributed by atoms with Gasteiger partial charge in [-0.05, 0) is 46.9 Å². The summed E-state index contributed by atoms with van der Waals surface area (Å²) in [4.78, 5) is 6.63. The first-order valence-corrected chi connectivity index (χ1v) is 10.2. The van der Waals surface area contributed by atoms with Gasteiger partial charge in [-0.15, -0.1) is 24.0 Å². The Labute approximate surface area is 188 Å². The second-order valence-electron chi connectivity index (χ2n) is 6.76. The fourth-order valence-electron chi connectivity index (χ4n) is 3.56. The normalized spacial score (nSPS) is 16.5. The first kappa shape index (κ1) is 22.5. The van der Waals surface area contributed by atoms with Crippen LogP contribution in [-0.4, -0.2) is 44.7 Å². The van der Waals surface area contributed by atoms with Crippen molar-refractivity contribution in [1.82, 2.24) is 10.2 Å². The molecule has 4 nitrogen and oxygen atoms in total. The molecule has 3 rings (SSSR count). The number of hydrogen-bond acceptors (Lipinski definition) is 3. The van der Waals surface area contributed by atoms with E-state index in [1.807, 2.05) is 19.2 Å². The molecule has 1 fully saturated rings. The fraction of sp³-hybridized carbons (Fsp3) is 0.450. The Balaban J connectivity index is 0.00000261. The third-order valence-electron chi connectivity index (χ3n) is 5.05. The molecular weight excluding hydrogens is 493 g/mol. The van der Waals surface area contributed by atoms with E-state index < -0.39 is 0 Å². The summed E-state index contributed by atoms with van der Waals surface area (Å²) >= 11 is 8.27. The molecule has 0 aliphatic carbocycles. The summed E-state index contributed by atoms with van der Waals surface area (Å²) in [5.74, 6) is 0.897. The van der Waals surface area contributed by atoms with Gasteiger partial charge in [-0.2, -0.15) is 11.3 Å². The van der Waals surface area contributed by atoms with E-state index in [0.717, 1.165) is 50.1 Å². The molecule has 0 saturated carbocycles. The van der Waals surface area contributed by atoms with E-state index in [1.54, 1.807) is 11.3 Å². The zero-order valence-electron chi connectivity index (χ0n) is 15.8. The van der Waals surface area contributed by atoms with Crippen molar-refractivity contribution >= 4 is 52.9 Å². The first-order chi connectivity index (χ1) is 12.6. The second-order valence-corrected chi connectivity index (χ2v) is 7.95. The molecular formula is C20H27ClIN3OS. The molecule has 1 saturated heterocycles. The van der Waals surface area contributed by atoms with Gasteiger partial charge in [0.05, 0.1) is 0 Å². The summed E-state index contributed by atoms with van der Waals surface area (Å²) in [5, 5.41) is 8.69. The highest BCUT2D eigenvalue weighted by atomic mass is 127. The molecule has 1 aromatic heterocycles. The molecule has 1 aliphatic rings. The average molecular weight is 520 g/mol. The quantitative estimate of drug-likeness (QED) is 0.351. The van der Waals surface area contributed by atoms with Crippen LogP contribution in [0.1, 0.15) is 24.0 Å². The van der Waals surface area contributed by atoms with Crippen molar-refractivity contribution in [2.75, 3.05) is 33.9 Å². The van der Waals surface area contributed by atoms with E-state index in [2.05, 4.69) is 51.2 Å². The minimum absolute atomic E-state index is 0. The van der Waals surface area contributed by atoms with Crippen LogP contribution in [0.4, 0.5) is 0 Å². The van der Waals surface area contributed by atoms with E-state index in [0.29, 0.717) is 0 Å². The molecule has 2 aromatic rings. The van der Waals surface area contributed by atoms with Crippen molar-refractivity contribution in [2.45, 2.75) is 24.8 Å². The van der Waals surface area contributed by atoms with Crippen LogP contribution in [0.25, 0.3) is 0 Å². The fourth-order valence-corrected chi connectivity index (χ4v) is 4.56. The van der Waals surface area contributed by atoms with Gasteiger partial charge >= 0.3 is 0 Å². The van der Waals surface area contributed by atoms with Crippen molar-refractivity contribution in [3.63, 3.8) is 0 Å². The Kier molecular flexibility index (Phi) is 8.85. The maximum absolute atomic E-state index is 6.55. The van der Waals surface area contributed by atoms with E-state index >= 15 is 0 Å². The molecule has 0 radical (unpaired) electrons. The Morgan fingerprint density at radius 1 is 1.30 bits per heavy atom. The van der Waals surface area contributed by atoms with Crippen LogP contribution in [0.5, 0.6) is 0 Å². The Hall–Kier alpha value is -0.830. The zero-order valence-corrected chi connectivity index (χ0v) is 19.7. The SMILES string of the molecule is CN=C(NCC1(c2ccccc2Cl)CCOCC1)N(C)Cc1ccsc1.I. The number of nitrogens with zero attached hydrogens (tertiary/aromatic N) is 2. The predicted octanol–water partition coefficient (Wildman–Crippen LogP) is 4.78. The zero-order chi connectivity index (χ0) is 18.4. The van der Waals surface area contributed by atoms with Crippen LogP contribution in [-0.2, 0) is 16.7 Å². The van der Waals surface area contributed by atoms with E-state index in [1.165, 1.54) is 11.1 Å². The molecule has 148 valence electrons.